The molecule has 1 aromatic rings. The normalized spacial score (nSPS) is 27.2. The largest absolute Gasteiger partial charge is 0.492 e. The highest BCUT2D eigenvalue weighted by atomic mass is 16.5. The van der Waals surface area contributed by atoms with Crippen LogP contribution in [0.25, 0.3) is 0 Å². The molecule has 0 spiro atoms. The number of carbonyl (C=O) groups excluding carboxylic acids is 1. The number of fused-ring (bicyclic) bond motifs is 1. The van der Waals surface area contributed by atoms with Crippen LogP contribution in [0.15, 0.2) is 18.2 Å². The van der Waals surface area contributed by atoms with Gasteiger partial charge in [-0.25, -0.2) is 0 Å². The van der Waals surface area contributed by atoms with Crippen LogP contribution in [-0.2, 0) is 6.54 Å². The fourth-order valence-electron chi connectivity index (χ4n) is 3.78. The number of nitrogens with one attached hydrogen (secondary N) is 3. The predicted molar refractivity (Wildman–Crippen MR) is 92.1 cm³/mol. The van der Waals surface area contributed by atoms with Gasteiger partial charge in [0.25, 0.3) is 5.91 Å². The molecule has 3 aliphatic rings. The lowest BCUT2D eigenvalue weighted by Crippen LogP contribution is -2.57. The molecule has 24 heavy (non-hydrogen) atoms. The number of amides is 1. The zero-order chi connectivity index (χ0) is 16.4. The molecule has 2 atom stereocenters. The molecule has 3 N–H and O–H groups in total. The smallest absolute Gasteiger partial charge is 0.255 e. The second-order valence-electron chi connectivity index (χ2n) is 6.88. The summed E-state index contributed by atoms with van der Waals surface area (Å²) in [4.78, 5) is 14.5. The Balaban J connectivity index is 1.40. The minimum Gasteiger partial charge on any atom is -0.492 e. The van der Waals surface area contributed by atoms with Gasteiger partial charge in [0.15, 0.2) is 0 Å². The van der Waals surface area contributed by atoms with E-state index < -0.39 is 0 Å². The minimum absolute atomic E-state index is 0.0782. The van der Waals surface area contributed by atoms with E-state index in [-0.39, 0.29) is 12.1 Å². The van der Waals surface area contributed by atoms with Crippen LogP contribution in [0.4, 0.5) is 0 Å². The number of hydrogen-bond acceptors (Lipinski definition) is 5. The van der Waals surface area contributed by atoms with Crippen molar-refractivity contribution in [1.82, 2.24) is 20.9 Å². The van der Waals surface area contributed by atoms with Crippen molar-refractivity contribution >= 4 is 5.91 Å². The highest BCUT2D eigenvalue weighted by Crippen LogP contribution is 2.28. The summed E-state index contributed by atoms with van der Waals surface area (Å²) in [5.74, 6) is 0.984. The SMILES string of the molecule is O=C1c2ccc(OCC3CCCCN3)cc2CN1C1CNCCN1. The van der Waals surface area contributed by atoms with E-state index >= 15 is 0 Å². The van der Waals surface area contributed by atoms with Crippen molar-refractivity contribution in [2.45, 2.75) is 38.0 Å². The zero-order valence-corrected chi connectivity index (χ0v) is 14.0. The summed E-state index contributed by atoms with van der Waals surface area (Å²) in [6.45, 7) is 5.10. The van der Waals surface area contributed by atoms with Gasteiger partial charge in [-0.2, -0.15) is 0 Å². The van der Waals surface area contributed by atoms with Crippen molar-refractivity contribution in [3.8, 4) is 5.75 Å². The molecule has 0 radical (unpaired) electrons. The van der Waals surface area contributed by atoms with E-state index in [0.717, 1.165) is 43.1 Å². The third-order valence-electron chi connectivity index (χ3n) is 5.17. The first-order valence-electron chi connectivity index (χ1n) is 9.05. The molecule has 1 amide bonds. The van der Waals surface area contributed by atoms with Gasteiger partial charge in [-0.1, -0.05) is 6.42 Å². The van der Waals surface area contributed by atoms with Gasteiger partial charge in [0, 0.05) is 37.8 Å². The summed E-state index contributed by atoms with van der Waals surface area (Å²) in [6, 6.07) is 6.32. The number of rotatable bonds is 4. The molecule has 2 saturated heterocycles. The van der Waals surface area contributed by atoms with Crippen LogP contribution in [0, 0.1) is 0 Å². The quantitative estimate of drug-likeness (QED) is 0.758. The summed E-state index contributed by atoms with van der Waals surface area (Å²) in [7, 11) is 0. The van der Waals surface area contributed by atoms with Crippen LogP contribution in [0.2, 0.25) is 0 Å². The summed E-state index contributed by atoms with van der Waals surface area (Å²) in [5.41, 5.74) is 1.88. The molecule has 0 aliphatic carbocycles. The summed E-state index contributed by atoms with van der Waals surface area (Å²) < 4.78 is 5.97. The maximum Gasteiger partial charge on any atom is 0.255 e. The van der Waals surface area contributed by atoms with Gasteiger partial charge in [-0.15, -0.1) is 0 Å². The molecule has 2 unspecified atom stereocenters. The number of benzene rings is 1. The number of hydrogen-bond donors (Lipinski definition) is 3. The maximum absolute atomic E-state index is 12.6. The Morgan fingerprint density at radius 2 is 2.12 bits per heavy atom. The van der Waals surface area contributed by atoms with E-state index in [2.05, 4.69) is 16.0 Å². The maximum atomic E-state index is 12.6. The van der Waals surface area contributed by atoms with Crippen molar-refractivity contribution in [3.63, 3.8) is 0 Å². The molecule has 3 aliphatic heterocycles. The molecule has 130 valence electrons. The van der Waals surface area contributed by atoms with Gasteiger partial charge in [0.1, 0.15) is 12.4 Å². The van der Waals surface area contributed by atoms with Crippen LogP contribution in [0.5, 0.6) is 5.75 Å². The Morgan fingerprint density at radius 1 is 1.17 bits per heavy atom. The van der Waals surface area contributed by atoms with Crippen molar-refractivity contribution < 1.29 is 9.53 Å². The van der Waals surface area contributed by atoms with Crippen molar-refractivity contribution in [2.24, 2.45) is 0 Å². The van der Waals surface area contributed by atoms with Crippen molar-refractivity contribution in [1.29, 1.82) is 0 Å². The van der Waals surface area contributed by atoms with E-state index in [1.165, 1.54) is 19.3 Å². The number of piperidine rings is 1. The Kier molecular flexibility index (Phi) is 4.69. The van der Waals surface area contributed by atoms with Gasteiger partial charge in [0.05, 0.1) is 6.17 Å². The molecular formula is C18H26N4O2. The molecule has 0 saturated carbocycles. The molecule has 1 aromatic carbocycles. The van der Waals surface area contributed by atoms with E-state index in [1.807, 2.05) is 23.1 Å². The van der Waals surface area contributed by atoms with Gasteiger partial charge in [0.2, 0.25) is 0 Å². The second-order valence-corrected chi connectivity index (χ2v) is 6.88. The molecule has 3 heterocycles. The van der Waals surface area contributed by atoms with Gasteiger partial charge in [-0.3, -0.25) is 10.1 Å². The molecule has 2 fully saturated rings. The van der Waals surface area contributed by atoms with Gasteiger partial charge >= 0.3 is 0 Å². The van der Waals surface area contributed by atoms with Crippen molar-refractivity contribution in [3.05, 3.63) is 29.3 Å². The summed E-state index contributed by atoms with van der Waals surface area (Å²) >= 11 is 0. The Morgan fingerprint density at radius 3 is 2.92 bits per heavy atom. The van der Waals surface area contributed by atoms with E-state index in [1.54, 1.807) is 0 Å². The van der Waals surface area contributed by atoms with E-state index in [9.17, 15) is 4.79 Å². The molecule has 6 heteroatoms. The summed E-state index contributed by atoms with van der Waals surface area (Å²) in [6.07, 6.45) is 3.79. The Labute approximate surface area is 142 Å². The molecule has 4 rings (SSSR count). The Hall–Kier alpha value is -1.63. The molecule has 6 nitrogen and oxygen atoms in total. The molecule has 0 bridgehead atoms. The average molecular weight is 330 g/mol. The monoisotopic (exact) mass is 330 g/mol. The number of carbonyl (C=O) groups is 1. The highest BCUT2D eigenvalue weighted by Gasteiger charge is 2.33. The first kappa shape index (κ1) is 15.9. The minimum atomic E-state index is 0.0782. The van der Waals surface area contributed by atoms with E-state index in [0.29, 0.717) is 19.2 Å². The lowest BCUT2D eigenvalue weighted by Gasteiger charge is -2.32. The topological polar surface area (TPSA) is 65.6 Å². The summed E-state index contributed by atoms with van der Waals surface area (Å²) in [5, 5.41) is 10.2. The second kappa shape index (κ2) is 7.09. The lowest BCUT2D eigenvalue weighted by atomic mass is 10.1. The third-order valence-corrected chi connectivity index (χ3v) is 5.17. The zero-order valence-electron chi connectivity index (χ0n) is 14.0. The van der Waals surface area contributed by atoms with Crippen LogP contribution in [0.3, 0.4) is 0 Å². The highest BCUT2D eigenvalue weighted by molar-refractivity contribution is 5.98. The third kappa shape index (κ3) is 3.27. The van der Waals surface area contributed by atoms with Crippen LogP contribution in [-0.4, -0.2) is 55.8 Å². The predicted octanol–water partition coefficient (Wildman–Crippen LogP) is 0.682. The molecule has 0 aromatic heterocycles. The molecular weight excluding hydrogens is 304 g/mol. The average Bonchev–Trinajstić information content (AvgIpc) is 2.98. The fourth-order valence-corrected chi connectivity index (χ4v) is 3.78. The standard InChI is InChI=1S/C18H26N4O2/c23-18-16-5-4-15(24-12-14-3-1-2-6-20-14)9-13(16)11-22(18)17-10-19-7-8-21-17/h4-5,9,14,17,19-21H,1-3,6-8,10-12H2. The van der Waals surface area contributed by atoms with E-state index in [4.69, 9.17) is 4.74 Å². The lowest BCUT2D eigenvalue weighted by molar-refractivity contribution is 0.0646. The number of piperazine rings is 1. The first-order chi connectivity index (χ1) is 11.8. The number of nitrogens with zero attached hydrogens (tertiary/aromatic N) is 1. The first-order valence-corrected chi connectivity index (χ1v) is 9.05. The van der Waals surface area contributed by atoms with Crippen LogP contribution >= 0.6 is 0 Å². The number of ether oxygens (including phenoxy) is 1. The van der Waals surface area contributed by atoms with Gasteiger partial charge in [-0.05, 0) is 43.1 Å². The van der Waals surface area contributed by atoms with Crippen LogP contribution in [0.1, 0.15) is 35.2 Å². The van der Waals surface area contributed by atoms with Crippen molar-refractivity contribution in [2.75, 3.05) is 32.8 Å². The van der Waals surface area contributed by atoms with Crippen LogP contribution < -0.4 is 20.7 Å². The van der Waals surface area contributed by atoms with Gasteiger partial charge < -0.3 is 20.3 Å². The Bertz CT molecular complexity index is 595. The fraction of sp³-hybridized carbons (Fsp3) is 0.611.